The summed E-state index contributed by atoms with van der Waals surface area (Å²) in [7, 11) is 2.05. The van der Waals surface area contributed by atoms with Crippen LogP contribution in [0.4, 0.5) is 11.4 Å². The number of aromatic nitrogens is 1. The molecule has 0 saturated carbocycles. The second-order valence-corrected chi connectivity index (χ2v) is 12.0. The Labute approximate surface area is 284 Å². The molecule has 0 aliphatic heterocycles. The van der Waals surface area contributed by atoms with Crippen molar-refractivity contribution in [3.8, 4) is 0 Å². The Morgan fingerprint density at radius 1 is 0.354 bits per heavy atom. The van der Waals surface area contributed by atoms with Crippen molar-refractivity contribution in [1.29, 1.82) is 0 Å². The maximum absolute atomic E-state index is 4.80. The molecule has 0 N–H and O–H groups in total. The van der Waals surface area contributed by atoms with Crippen molar-refractivity contribution in [1.82, 2.24) is 4.57 Å². The quantitative estimate of drug-likeness (QED) is 0.143. The minimum Gasteiger partial charge on any atom is -0.342 e. The average molecular weight is 615 g/mol. The second-order valence-electron chi connectivity index (χ2n) is 12.0. The van der Waals surface area contributed by atoms with Gasteiger partial charge in [0.2, 0.25) is 13.4 Å². The van der Waals surface area contributed by atoms with Crippen LogP contribution >= 0.6 is 0 Å². The van der Waals surface area contributed by atoms with E-state index in [1.54, 1.807) is 0 Å². The first-order valence-corrected chi connectivity index (χ1v) is 16.4. The molecule has 0 aliphatic rings. The third-order valence-corrected chi connectivity index (χ3v) is 8.88. The highest BCUT2D eigenvalue weighted by Crippen LogP contribution is 2.13. The van der Waals surface area contributed by atoms with Crippen molar-refractivity contribution in [3.05, 3.63) is 193 Å². The van der Waals surface area contributed by atoms with Crippen molar-refractivity contribution < 1.29 is 0 Å². The third kappa shape index (κ3) is 7.06. The Morgan fingerprint density at radius 2 is 0.625 bits per heavy atom. The number of hydrogen-bond acceptors (Lipinski definition) is 2. The highest BCUT2D eigenvalue weighted by atomic mass is 15.0. The van der Waals surface area contributed by atoms with Gasteiger partial charge >= 0.3 is 0 Å². The third-order valence-electron chi connectivity index (χ3n) is 8.88. The highest BCUT2D eigenvalue weighted by molar-refractivity contribution is 6.96. The fourth-order valence-corrected chi connectivity index (χ4v) is 6.33. The summed E-state index contributed by atoms with van der Waals surface area (Å²) in [6.07, 6.45) is 3.83. The summed E-state index contributed by atoms with van der Waals surface area (Å²) in [5.74, 6) is 0. The molecular weight excluding hydrogens is 580 g/mol. The molecule has 5 heteroatoms. The van der Waals surface area contributed by atoms with E-state index in [4.69, 9.17) is 9.98 Å². The van der Waals surface area contributed by atoms with Crippen molar-refractivity contribution in [2.24, 2.45) is 17.0 Å². The van der Waals surface area contributed by atoms with E-state index in [9.17, 15) is 0 Å². The molecule has 48 heavy (non-hydrogen) atoms. The lowest BCUT2D eigenvalue weighted by Crippen LogP contribution is -2.51. The van der Waals surface area contributed by atoms with Gasteiger partial charge in [-0.15, -0.1) is 0 Å². The Hall–Kier alpha value is -5.93. The summed E-state index contributed by atoms with van der Waals surface area (Å²) in [5, 5.41) is 0. The second kappa shape index (κ2) is 14.7. The van der Waals surface area contributed by atoms with Crippen molar-refractivity contribution in [3.63, 3.8) is 0 Å². The number of rotatable bonds is 10. The molecule has 0 saturated heterocycles. The maximum atomic E-state index is 4.80. The molecule has 228 valence electrons. The molecule has 0 fully saturated rings. The van der Waals surface area contributed by atoms with Gasteiger partial charge in [-0.2, -0.15) is 0 Å². The molecule has 7 aromatic rings. The Kier molecular flexibility index (Phi) is 9.38. The zero-order valence-electron chi connectivity index (χ0n) is 27.0. The molecule has 1 heterocycles. The summed E-state index contributed by atoms with van der Waals surface area (Å²) in [5.41, 5.74) is 11.4. The van der Waals surface area contributed by atoms with E-state index < -0.39 is 0 Å². The van der Waals surface area contributed by atoms with E-state index >= 15 is 0 Å². The van der Waals surface area contributed by atoms with E-state index in [0.717, 1.165) is 22.8 Å². The molecule has 0 spiro atoms. The predicted octanol–water partition coefficient (Wildman–Crippen LogP) is 5.56. The van der Waals surface area contributed by atoms with Crippen LogP contribution in [0, 0.1) is 0 Å². The number of nitrogens with zero attached hydrogens (tertiary/aromatic N) is 3. The average Bonchev–Trinajstić information content (AvgIpc) is 3.51. The molecule has 0 aliphatic carbocycles. The van der Waals surface area contributed by atoms with Crippen molar-refractivity contribution in [2.45, 2.75) is 0 Å². The normalized spacial score (nSPS) is 11.3. The Bertz CT molecular complexity index is 1870. The lowest BCUT2D eigenvalue weighted by Gasteiger charge is -2.15. The highest BCUT2D eigenvalue weighted by Gasteiger charge is 2.22. The van der Waals surface area contributed by atoms with E-state index in [2.05, 4.69) is 187 Å². The van der Waals surface area contributed by atoms with Crippen molar-refractivity contribution in [2.75, 3.05) is 0 Å². The lowest BCUT2D eigenvalue weighted by molar-refractivity contribution is 0.909. The van der Waals surface area contributed by atoms with Crippen LogP contribution in [0.15, 0.2) is 192 Å². The van der Waals surface area contributed by atoms with Crippen LogP contribution in [0.25, 0.3) is 0 Å². The zero-order valence-corrected chi connectivity index (χ0v) is 27.0. The summed E-state index contributed by atoms with van der Waals surface area (Å²) in [6.45, 7) is 0.344. The first-order chi connectivity index (χ1) is 23.7. The van der Waals surface area contributed by atoms with Gasteiger partial charge in [0, 0.05) is 7.05 Å². The van der Waals surface area contributed by atoms with Gasteiger partial charge in [-0.1, -0.05) is 178 Å². The molecule has 1 aromatic heterocycles. The Morgan fingerprint density at radius 3 is 0.917 bits per heavy atom. The van der Waals surface area contributed by atoms with E-state index in [1.165, 1.54) is 32.8 Å². The van der Waals surface area contributed by atoms with Gasteiger partial charge in [0.1, 0.15) is 0 Å². The number of aliphatic imine (C=N–C) groups is 2. The minimum atomic E-state index is 0.172. The van der Waals surface area contributed by atoms with Crippen LogP contribution in [-0.2, 0) is 7.05 Å². The molecule has 7 rings (SSSR count). The van der Waals surface area contributed by atoms with Gasteiger partial charge in [0.25, 0.3) is 0 Å². The van der Waals surface area contributed by atoms with Gasteiger partial charge in [0.05, 0.1) is 35.2 Å². The summed E-state index contributed by atoms with van der Waals surface area (Å²) in [6, 6.07) is 64.0. The van der Waals surface area contributed by atoms with Gasteiger partial charge < -0.3 is 4.57 Å². The van der Waals surface area contributed by atoms with Crippen molar-refractivity contribution >= 4 is 70.0 Å². The fourth-order valence-electron chi connectivity index (χ4n) is 6.33. The largest absolute Gasteiger partial charge is 0.342 e. The van der Waals surface area contributed by atoms with Gasteiger partial charge in [-0.25, -0.2) is 0 Å². The van der Waals surface area contributed by atoms with Gasteiger partial charge in [-0.3, -0.25) is 9.98 Å². The van der Waals surface area contributed by atoms with E-state index in [0.29, 0.717) is 0 Å². The molecule has 0 bridgehead atoms. The molecular formula is C43H35B2N3. The first kappa shape index (κ1) is 30.7. The van der Waals surface area contributed by atoms with Crippen LogP contribution in [0.2, 0.25) is 0 Å². The molecule has 6 aromatic carbocycles. The standard InChI is InChI=1S/C43H35B2N3/c1-48-42(32-46-40-26-22-38(23-27-40)44(34-14-6-2-7-15-34)35-16-8-3-9-17-35)30-31-43(48)33-47-41-28-24-39(25-29-41)45(36-18-10-4-11-19-36)37-20-12-5-13-21-37/h2-33H,1H3. The molecule has 3 nitrogen and oxygen atoms in total. The van der Waals surface area contributed by atoms with Gasteiger partial charge in [0.15, 0.2) is 0 Å². The van der Waals surface area contributed by atoms with Crippen LogP contribution < -0.4 is 32.8 Å². The number of hydrogen-bond donors (Lipinski definition) is 0. The molecule has 0 amide bonds. The van der Waals surface area contributed by atoms with Crippen LogP contribution in [0.5, 0.6) is 0 Å². The smallest absolute Gasteiger partial charge is 0.241 e. The zero-order chi connectivity index (χ0) is 32.5. The maximum Gasteiger partial charge on any atom is 0.241 e. The first-order valence-electron chi connectivity index (χ1n) is 16.4. The van der Waals surface area contributed by atoms with Crippen LogP contribution in [0.3, 0.4) is 0 Å². The minimum absolute atomic E-state index is 0.172. The topological polar surface area (TPSA) is 29.6 Å². The molecule has 0 atom stereocenters. The van der Waals surface area contributed by atoms with E-state index in [1.807, 2.05) is 19.5 Å². The summed E-state index contributed by atoms with van der Waals surface area (Å²) in [4.78, 5) is 9.60. The SMILES string of the molecule is Cn1c(C=Nc2ccc(B(c3ccccc3)c3ccccc3)cc2)ccc1C=Nc1ccc(B(c2ccccc2)c2ccccc2)cc1. The number of benzene rings is 6. The fraction of sp³-hybridized carbons (Fsp3) is 0.0233. The predicted molar refractivity (Wildman–Crippen MR) is 208 cm³/mol. The van der Waals surface area contributed by atoms with Crippen LogP contribution in [-0.4, -0.2) is 30.4 Å². The van der Waals surface area contributed by atoms with Gasteiger partial charge in [-0.05, 0) is 36.4 Å². The summed E-state index contributed by atoms with van der Waals surface area (Å²) < 4.78 is 2.11. The Balaban J connectivity index is 1.05. The summed E-state index contributed by atoms with van der Waals surface area (Å²) >= 11 is 0. The molecule has 0 radical (unpaired) electrons. The van der Waals surface area contributed by atoms with E-state index in [-0.39, 0.29) is 13.4 Å². The van der Waals surface area contributed by atoms with Crippen LogP contribution in [0.1, 0.15) is 11.4 Å². The lowest BCUT2D eigenvalue weighted by atomic mass is 9.37. The monoisotopic (exact) mass is 615 g/mol. The molecule has 0 unspecified atom stereocenters.